The van der Waals surface area contributed by atoms with Crippen LogP contribution in [0.2, 0.25) is 5.02 Å². The lowest BCUT2D eigenvalue weighted by molar-refractivity contribution is 0.0932. The predicted octanol–water partition coefficient (Wildman–Crippen LogP) is 1.43. The molecule has 1 fully saturated rings. The van der Waals surface area contributed by atoms with Crippen LogP contribution < -0.4 is 10.6 Å². The Morgan fingerprint density at radius 1 is 1.45 bits per heavy atom. The van der Waals surface area contributed by atoms with Crippen molar-refractivity contribution in [1.29, 1.82) is 0 Å². The molecule has 2 heterocycles. The Bertz CT molecular complexity index is 680. The van der Waals surface area contributed by atoms with E-state index in [0.717, 1.165) is 18.8 Å². The maximum Gasteiger partial charge on any atom is 0.290 e. The summed E-state index contributed by atoms with van der Waals surface area (Å²) in [5, 5.41) is 11.0. The number of nitrogens with one attached hydrogen (secondary N) is 2. The molecule has 2 N–H and O–H groups in total. The molecule has 2 aromatic rings. The van der Waals surface area contributed by atoms with Crippen LogP contribution in [0.1, 0.15) is 23.4 Å². The molecule has 0 spiro atoms. The van der Waals surface area contributed by atoms with Gasteiger partial charge in [-0.3, -0.25) is 4.79 Å². The standard InChI is InChI=1S/C15H18ClN5O/c1-2-13-19-14(15(22)18-9-10-7-17-8-10)20-21(13)12-6-4-3-5-11(12)16/h3-6,10,17H,2,7-9H2,1H3,(H,18,22). The van der Waals surface area contributed by atoms with Gasteiger partial charge in [0.1, 0.15) is 5.82 Å². The molecule has 6 nitrogen and oxygen atoms in total. The van der Waals surface area contributed by atoms with Gasteiger partial charge in [0.05, 0.1) is 10.7 Å². The molecule has 0 radical (unpaired) electrons. The van der Waals surface area contributed by atoms with Crippen LogP contribution in [-0.4, -0.2) is 40.3 Å². The number of hydrogen-bond donors (Lipinski definition) is 2. The smallest absolute Gasteiger partial charge is 0.290 e. The Hall–Kier alpha value is -1.92. The first kappa shape index (κ1) is 15.0. The highest BCUT2D eigenvalue weighted by Gasteiger charge is 2.21. The number of carbonyl (C=O) groups is 1. The average Bonchev–Trinajstić information content (AvgIpc) is 2.90. The third-order valence-electron chi connectivity index (χ3n) is 3.69. The minimum absolute atomic E-state index is 0.184. The molecule has 0 bridgehead atoms. The van der Waals surface area contributed by atoms with Crippen LogP contribution in [0.3, 0.4) is 0 Å². The molecule has 0 saturated carbocycles. The molecule has 1 aliphatic heterocycles. The van der Waals surface area contributed by atoms with E-state index in [9.17, 15) is 4.79 Å². The Morgan fingerprint density at radius 3 is 2.86 bits per heavy atom. The van der Waals surface area contributed by atoms with Gasteiger partial charge in [-0.2, -0.15) is 0 Å². The molecule has 1 saturated heterocycles. The maximum atomic E-state index is 12.2. The number of para-hydroxylation sites is 1. The number of halogens is 1. The Kier molecular flexibility index (Phi) is 4.40. The van der Waals surface area contributed by atoms with Crippen LogP contribution in [0.4, 0.5) is 0 Å². The van der Waals surface area contributed by atoms with Crippen LogP contribution in [0.15, 0.2) is 24.3 Å². The summed E-state index contributed by atoms with van der Waals surface area (Å²) in [5.41, 5.74) is 0.732. The zero-order valence-corrected chi connectivity index (χ0v) is 13.1. The van der Waals surface area contributed by atoms with E-state index in [2.05, 4.69) is 20.7 Å². The number of aryl methyl sites for hydroxylation is 1. The summed E-state index contributed by atoms with van der Waals surface area (Å²) in [7, 11) is 0. The lowest BCUT2D eigenvalue weighted by Gasteiger charge is -2.26. The zero-order chi connectivity index (χ0) is 15.5. The van der Waals surface area contributed by atoms with Crippen molar-refractivity contribution in [2.45, 2.75) is 13.3 Å². The maximum absolute atomic E-state index is 12.2. The highest BCUT2D eigenvalue weighted by molar-refractivity contribution is 6.32. The second-order valence-corrected chi connectivity index (χ2v) is 5.71. The fourth-order valence-corrected chi connectivity index (χ4v) is 2.51. The van der Waals surface area contributed by atoms with Gasteiger partial charge in [-0.15, -0.1) is 5.10 Å². The number of nitrogens with zero attached hydrogens (tertiary/aromatic N) is 3. The van der Waals surface area contributed by atoms with Gasteiger partial charge in [0, 0.05) is 32.0 Å². The second kappa shape index (κ2) is 6.46. The van der Waals surface area contributed by atoms with Crippen molar-refractivity contribution in [3.05, 3.63) is 40.9 Å². The average molecular weight is 320 g/mol. The number of benzene rings is 1. The molecule has 116 valence electrons. The molecule has 0 unspecified atom stereocenters. The van der Waals surface area contributed by atoms with Crippen molar-refractivity contribution in [3.63, 3.8) is 0 Å². The first-order valence-corrected chi connectivity index (χ1v) is 7.76. The molecule has 7 heteroatoms. The summed E-state index contributed by atoms with van der Waals surface area (Å²) in [4.78, 5) is 16.5. The van der Waals surface area contributed by atoms with Gasteiger partial charge in [0.25, 0.3) is 5.91 Å². The van der Waals surface area contributed by atoms with Gasteiger partial charge >= 0.3 is 0 Å². The molecular weight excluding hydrogens is 302 g/mol. The second-order valence-electron chi connectivity index (χ2n) is 5.30. The van der Waals surface area contributed by atoms with Crippen LogP contribution in [0, 0.1) is 5.92 Å². The van der Waals surface area contributed by atoms with Gasteiger partial charge < -0.3 is 10.6 Å². The molecule has 3 rings (SSSR count). The van der Waals surface area contributed by atoms with E-state index < -0.39 is 0 Å². The third kappa shape index (κ3) is 2.98. The number of carbonyl (C=O) groups excluding carboxylic acids is 1. The van der Waals surface area contributed by atoms with E-state index in [1.54, 1.807) is 10.7 Å². The lowest BCUT2D eigenvalue weighted by Crippen LogP contribution is -2.48. The molecule has 1 aliphatic rings. The first-order chi connectivity index (χ1) is 10.7. The van der Waals surface area contributed by atoms with Crippen molar-refractivity contribution in [1.82, 2.24) is 25.4 Å². The summed E-state index contributed by atoms with van der Waals surface area (Å²) in [6.45, 7) is 4.51. The summed E-state index contributed by atoms with van der Waals surface area (Å²) >= 11 is 6.21. The first-order valence-electron chi connectivity index (χ1n) is 7.38. The van der Waals surface area contributed by atoms with E-state index >= 15 is 0 Å². The minimum atomic E-state index is -0.243. The van der Waals surface area contributed by atoms with Crippen molar-refractivity contribution < 1.29 is 4.79 Å². The zero-order valence-electron chi connectivity index (χ0n) is 12.3. The van der Waals surface area contributed by atoms with Crippen LogP contribution in [0.25, 0.3) is 5.69 Å². The third-order valence-corrected chi connectivity index (χ3v) is 4.01. The van der Waals surface area contributed by atoms with Crippen molar-refractivity contribution in [2.24, 2.45) is 5.92 Å². The molecule has 1 amide bonds. The van der Waals surface area contributed by atoms with Crippen molar-refractivity contribution >= 4 is 17.5 Å². The predicted molar refractivity (Wildman–Crippen MR) is 84.4 cm³/mol. The number of amides is 1. The van der Waals surface area contributed by atoms with E-state index in [-0.39, 0.29) is 11.7 Å². The topological polar surface area (TPSA) is 71.8 Å². The van der Waals surface area contributed by atoms with Gasteiger partial charge in [-0.1, -0.05) is 30.7 Å². The molecule has 0 atom stereocenters. The van der Waals surface area contributed by atoms with Gasteiger partial charge in [-0.05, 0) is 12.1 Å². The highest BCUT2D eigenvalue weighted by Crippen LogP contribution is 2.20. The van der Waals surface area contributed by atoms with Crippen molar-refractivity contribution in [2.75, 3.05) is 19.6 Å². The normalized spacial score (nSPS) is 14.6. The Balaban J connectivity index is 1.81. The monoisotopic (exact) mass is 319 g/mol. The molecule has 1 aromatic carbocycles. The van der Waals surface area contributed by atoms with Gasteiger partial charge in [0.15, 0.2) is 0 Å². The Morgan fingerprint density at radius 2 is 2.23 bits per heavy atom. The Labute approximate surface area is 133 Å². The molecule has 22 heavy (non-hydrogen) atoms. The van der Waals surface area contributed by atoms with Gasteiger partial charge in [-0.25, -0.2) is 9.67 Å². The number of rotatable bonds is 5. The number of aromatic nitrogens is 3. The quantitative estimate of drug-likeness (QED) is 0.874. The van der Waals surface area contributed by atoms with Crippen LogP contribution >= 0.6 is 11.6 Å². The van der Waals surface area contributed by atoms with Crippen molar-refractivity contribution in [3.8, 4) is 5.69 Å². The lowest BCUT2D eigenvalue weighted by atomic mass is 10.0. The fourth-order valence-electron chi connectivity index (χ4n) is 2.29. The highest BCUT2D eigenvalue weighted by atomic mass is 35.5. The summed E-state index contributed by atoms with van der Waals surface area (Å²) in [5.74, 6) is 1.15. The van der Waals surface area contributed by atoms with Crippen LogP contribution in [0.5, 0.6) is 0 Å². The molecular formula is C15H18ClN5O. The molecule has 0 aliphatic carbocycles. The minimum Gasteiger partial charge on any atom is -0.349 e. The van der Waals surface area contributed by atoms with E-state index in [4.69, 9.17) is 11.6 Å². The van der Waals surface area contributed by atoms with E-state index in [0.29, 0.717) is 29.7 Å². The van der Waals surface area contributed by atoms with Gasteiger partial charge in [0.2, 0.25) is 5.82 Å². The largest absolute Gasteiger partial charge is 0.349 e. The van der Waals surface area contributed by atoms with Crippen LogP contribution in [-0.2, 0) is 6.42 Å². The van der Waals surface area contributed by atoms with E-state index in [1.165, 1.54) is 0 Å². The fraction of sp³-hybridized carbons (Fsp3) is 0.400. The summed E-state index contributed by atoms with van der Waals surface area (Å²) in [6.07, 6.45) is 0.665. The summed E-state index contributed by atoms with van der Waals surface area (Å²) in [6, 6.07) is 7.39. The van der Waals surface area contributed by atoms with E-state index in [1.807, 2.05) is 25.1 Å². The number of hydrogen-bond acceptors (Lipinski definition) is 4. The summed E-state index contributed by atoms with van der Waals surface area (Å²) < 4.78 is 1.64. The SMILES string of the molecule is CCc1nc(C(=O)NCC2CNC2)nn1-c1ccccc1Cl. The molecule has 1 aromatic heterocycles.